The third-order valence-electron chi connectivity index (χ3n) is 4.37. The zero-order valence-corrected chi connectivity index (χ0v) is 17.9. The normalized spacial score (nSPS) is 11.4. The monoisotopic (exact) mass is 453 g/mol. The number of hydrogen-bond donors (Lipinski definition) is 2. The van der Waals surface area contributed by atoms with Crippen molar-refractivity contribution in [3.63, 3.8) is 0 Å². The fourth-order valence-corrected chi connectivity index (χ4v) is 2.82. The summed E-state index contributed by atoms with van der Waals surface area (Å²) in [6.07, 6.45) is 0. The van der Waals surface area contributed by atoms with Gasteiger partial charge in [0.2, 0.25) is 5.89 Å². The van der Waals surface area contributed by atoms with E-state index in [-0.39, 0.29) is 41.9 Å². The van der Waals surface area contributed by atoms with E-state index in [0.717, 1.165) is 12.1 Å². The lowest BCUT2D eigenvalue weighted by Gasteiger charge is -2.07. The van der Waals surface area contributed by atoms with Crippen molar-refractivity contribution in [2.75, 3.05) is 14.2 Å². The molecule has 7 nitrogen and oxygen atoms in total. The lowest BCUT2D eigenvalue weighted by atomic mass is 10.2. The van der Waals surface area contributed by atoms with Crippen LogP contribution in [0.4, 0.5) is 8.78 Å². The second-order valence-electron chi connectivity index (χ2n) is 6.51. The number of nitrogens with two attached hydrogens (primary N) is 1. The van der Waals surface area contributed by atoms with Gasteiger partial charge in [-0.1, -0.05) is 6.07 Å². The summed E-state index contributed by atoms with van der Waals surface area (Å²) in [4.78, 5) is 16.9. The molecular weight excluding hydrogens is 432 g/mol. The molecule has 0 fully saturated rings. The topological polar surface area (TPSA) is 99.6 Å². The van der Waals surface area contributed by atoms with Gasteiger partial charge in [-0.2, -0.15) is 0 Å². The first kappa shape index (κ1) is 24.1. The van der Waals surface area contributed by atoms with Crippen molar-refractivity contribution in [2.24, 2.45) is 5.73 Å². The highest BCUT2D eigenvalue weighted by Crippen LogP contribution is 2.33. The van der Waals surface area contributed by atoms with Crippen LogP contribution in [0.15, 0.2) is 40.8 Å². The standard InChI is InChI=1S/C21H21F2N3O4.ClH/c1-11(24)19-18(20(27)25-10-13-4-6-14(22)9-15(13)23)26-21(30-19)12-5-7-16(28-2)17(8-12)29-3;/h4-9,11H,10,24H2,1-3H3,(H,25,27);1H. The lowest BCUT2D eigenvalue weighted by Crippen LogP contribution is -2.25. The number of methoxy groups -OCH3 is 2. The molecule has 166 valence electrons. The van der Waals surface area contributed by atoms with Gasteiger partial charge in [0.25, 0.3) is 5.91 Å². The van der Waals surface area contributed by atoms with Crippen molar-refractivity contribution >= 4 is 18.3 Å². The molecule has 31 heavy (non-hydrogen) atoms. The van der Waals surface area contributed by atoms with Gasteiger partial charge < -0.3 is 24.9 Å². The van der Waals surface area contributed by atoms with E-state index in [4.69, 9.17) is 19.6 Å². The molecule has 0 aliphatic rings. The van der Waals surface area contributed by atoms with E-state index in [1.165, 1.54) is 20.3 Å². The quantitative estimate of drug-likeness (QED) is 0.560. The maximum Gasteiger partial charge on any atom is 0.273 e. The van der Waals surface area contributed by atoms with Gasteiger partial charge in [-0.15, -0.1) is 12.4 Å². The van der Waals surface area contributed by atoms with Crippen LogP contribution < -0.4 is 20.5 Å². The predicted molar refractivity (Wildman–Crippen MR) is 112 cm³/mol. The molecule has 0 aliphatic carbocycles. The Morgan fingerprint density at radius 1 is 1.16 bits per heavy atom. The summed E-state index contributed by atoms with van der Waals surface area (Å²) in [7, 11) is 3.02. The molecule has 0 radical (unpaired) electrons. The second-order valence-corrected chi connectivity index (χ2v) is 6.51. The smallest absolute Gasteiger partial charge is 0.273 e. The van der Waals surface area contributed by atoms with Gasteiger partial charge in [-0.05, 0) is 31.2 Å². The van der Waals surface area contributed by atoms with Crippen LogP contribution in [-0.2, 0) is 6.54 Å². The minimum absolute atomic E-state index is 0. The van der Waals surface area contributed by atoms with Gasteiger partial charge >= 0.3 is 0 Å². The van der Waals surface area contributed by atoms with Crippen molar-refractivity contribution in [3.05, 3.63) is 65.1 Å². The summed E-state index contributed by atoms with van der Waals surface area (Å²) >= 11 is 0. The molecular formula is C21H22ClF2N3O4. The van der Waals surface area contributed by atoms with E-state index in [1.54, 1.807) is 25.1 Å². The number of oxazole rings is 1. The van der Waals surface area contributed by atoms with Crippen molar-refractivity contribution in [1.82, 2.24) is 10.3 Å². The highest BCUT2D eigenvalue weighted by molar-refractivity contribution is 5.94. The Labute approximate surface area is 184 Å². The van der Waals surface area contributed by atoms with Crippen LogP contribution in [0.3, 0.4) is 0 Å². The van der Waals surface area contributed by atoms with Crippen LogP contribution >= 0.6 is 12.4 Å². The first-order valence-electron chi connectivity index (χ1n) is 9.04. The highest BCUT2D eigenvalue weighted by Gasteiger charge is 2.24. The maximum atomic E-state index is 13.8. The number of carbonyl (C=O) groups is 1. The predicted octanol–water partition coefficient (Wildman–Crippen LogP) is 4.01. The number of hydrogen-bond acceptors (Lipinski definition) is 6. The van der Waals surface area contributed by atoms with Gasteiger partial charge in [-0.3, -0.25) is 4.79 Å². The van der Waals surface area contributed by atoms with E-state index >= 15 is 0 Å². The van der Waals surface area contributed by atoms with Crippen LogP contribution in [0, 0.1) is 11.6 Å². The molecule has 1 aromatic heterocycles. The van der Waals surface area contributed by atoms with Crippen LogP contribution in [0.5, 0.6) is 11.5 Å². The summed E-state index contributed by atoms with van der Waals surface area (Å²) in [6.45, 7) is 1.50. The molecule has 3 rings (SSSR count). The maximum absolute atomic E-state index is 13.8. The second kappa shape index (κ2) is 10.2. The van der Waals surface area contributed by atoms with Crippen LogP contribution in [0.2, 0.25) is 0 Å². The van der Waals surface area contributed by atoms with Gasteiger partial charge in [0.05, 0.1) is 20.3 Å². The minimum atomic E-state index is -0.756. The molecule has 2 aromatic carbocycles. The fourth-order valence-electron chi connectivity index (χ4n) is 2.82. The number of nitrogens with one attached hydrogen (secondary N) is 1. The van der Waals surface area contributed by atoms with Gasteiger partial charge in [-0.25, -0.2) is 13.8 Å². The van der Waals surface area contributed by atoms with Crippen molar-refractivity contribution in [2.45, 2.75) is 19.5 Å². The Morgan fingerprint density at radius 3 is 2.48 bits per heavy atom. The van der Waals surface area contributed by atoms with Gasteiger partial charge in [0, 0.05) is 23.7 Å². The zero-order valence-electron chi connectivity index (χ0n) is 17.1. The number of benzene rings is 2. The summed E-state index contributed by atoms with van der Waals surface area (Å²) in [5, 5.41) is 2.55. The van der Waals surface area contributed by atoms with Gasteiger partial charge in [0.1, 0.15) is 11.6 Å². The van der Waals surface area contributed by atoms with E-state index < -0.39 is 23.6 Å². The van der Waals surface area contributed by atoms with Crippen molar-refractivity contribution in [1.29, 1.82) is 0 Å². The molecule has 1 unspecified atom stereocenters. The Hall–Kier alpha value is -3.17. The number of ether oxygens (including phenoxy) is 2. The molecule has 0 saturated heterocycles. The Kier molecular flexibility index (Phi) is 7.95. The van der Waals surface area contributed by atoms with E-state index in [9.17, 15) is 13.6 Å². The SMILES string of the molecule is COc1ccc(-c2nc(C(=O)NCc3ccc(F)cc3F)c(C(C)N)o2)cc1OC.Cl. The summed E-state index contributed by atoms with van der Waals surface area (Å²) in [5.74, 6) is -0.709. The first-order chi connectivity index (χ1) is 14.3. The molecule has 10 heteroatoms. The van der Waals surface area contributed by atoms with E-state index in [2.05, 4.69) is 10.3 Å². The summed E-state index contributed by atoms with van der Waals surface area (Å²) in [5.41, 5.74) is 6.61. The van der Waals surface area contributed by atoms with Gasteiger partial charge in [0.15, 0.2) is 23.0 Å². The average molecular weight is 454 g/mol. The highest BCUT2D eigenvalue weighted by atomic mass is 35.5. The molecule has 1 amide bonds. The van der Waals surface area contributed by atoms with Crippen LogP contribution in [0.1, 0.15) is 34.8 Å². The lowest BCUT2D eigenvalue weighted by molar-refractivity contribution is 0.0943. The van der Waals surface area contributed by atoms with E-state index in [1.807, 2.05) is 0 Å². The number of rotatable bonds is 7. The molecule has 3 N–H and O–H groups in total. The Balaban J connectivity index is 0.00000341. The number of amides is 1. The molecule has 0 spiro atoms. The molecule has 1 atom stereocenters. The fraction of sp³-hybridized carbons (Fsp3) is 0.238. The number of carbonyl (C=O) groups excluding carboxylic acids is 1. The third-order valence-corrected chi connectivity index (χ3v) is 4.37. The largest absolute Gasteiger partial charge is 0.493 e. The molecule has 0 aliphatic heterocycles. The number of aromatic nitrogens is 1. The summed E-state index contributed by atoms with van der Waals surface area (Å²) in [6, 6.07) is 7.55. The molecule has 0 saturated carbocycles. The molecule has 1 heterocycles. The van der Waals surface area contributed by atoms with Crippen LogP contribution in [-0.4, -0.2) is 25.1 Å². The van der Waals surface area contributed by atoms with E-state index in [0.29, 0.717) is 17.1 Å². The third kappa shape index (κ3) is 5.31. The number of nitrogens with zero attached hydrogens (tertiary/aromatic N) is 1. The first-order valence-corrected chi connectivity index (χ1v) is 9.04. The van der Waals surface area contributed by atoms with Crippen molar-refractivity contribution in [3.8, 4) is 23.0 Å². The Morgan fingerprint density at radius 2 is 1.87 bits per heavy atom. The minimum Gasteiger partial charge on any atom is -0.493 e. The Bertz CT molecular complexity index is 1070. The zero-order chi connectivity index (χ0) is 21.8. The van der Waals surface area contributed by atoms with Crippen molar-refractivity contribution < 1.29 is 27.5 Å². The molecule has 0 bridgehead atoms. The summed E-state index contributed by atoms with van der Waals surface area (Å²) < 4.78 is 43.1. The molecule has 3 aromatic rings. The van der Waals surface area contributed by atoms with Crippen LogP contribution in [0.25, 0.3) is 11.5 Å². The average Bonchev–Trinajstić information content (AvgIpc) is 3.18. The number of halogens is 3.